The van der Waals surface area contributed by atoms with Gasteiger partial charge in [-0.25, -0.2) is 0 Å². The van der Waals surface area contributed by atoms with Gasteiger partial charge < -0.3 is 14.4 Å². The fourth-order valence-corrected chi connectivity index (χ4v) is 4.31. The van der Waals surface area contributed by atoms with E-state index in [9.17, 15) is 0 Å². The lowest BCUT2D eigenvalue weighted by molar-refractivity contribution is 0.223. The summed E-state index contributed by atoms with van der Waals surface area (Å²) >= 11 is 0. The van der Waals surface area contributed by atoms with Crippen molar-refractivity contribution in [2.75, 3.05) is 33.4 Å². The first-order valence-corrected chi connectivity index (χ1v) is 11.5. The molecule has 0 unspecified atom stereocenters. The maximum absolute atomic E-state index is 5.99. The van der Waals surface area contributed by atoms with Crippen LogP contribution < -0.4 is 9.47 Å². The van der Waals surface area contributed by atoms with Crippen LogP contribution in [-0.4, -0.2) is 38.3 Å². The van der Waals surface area contributed by atoms with Gasteiger partial charge in [0.2, 0.25) is 0 Å². The van der Waals surface area contributed by atoms with Crippen molar-refractivity contribution in [2.24, 2.45) is 5.92 Å². The third-order valence-corrected chi connectivity index (χ3v) is 6.24. The summed E-state index contributed by atoms with van der Waals surface area (Å²) < 4.78 is 11.3. The Balaban J connectivity index is 1.74. The predicted molar refractivity (Wildman–Crippen MR) is 127 cm³/mol. The number of benzene rings is 2. The quantitative estimate of drug-likeness (QED) is 0.418. The molecule has 1 saturated carbocycles. The molecule has 0 heterocycles. The van der Waals surface area contributed by atoms with Crippen molar-refractivity contribution in [3.8, 4) is 11.5 Å². The number of likely N-dealkylation sites (N-methyl/N-ethyl adjacent to an activating group) is 1. The fourth-order valence-electron chi connectivity index (χ4n) is 4.31. The molecular formula is C27H37NO2. The molecule has 162 valence electrons. The SMILES string of the molecule is CCN(CC)CCOc1ccc(C(=Cc2ccc(OC)cc2)C2CCCCC2)cc1. The average Bonchev–Trinajstić information content (AvgIpc) is 2.82. The molecule has 0 amide bonds. The Hall–Kier alpha value is -2.26. The minimum absolute atomic E-state index is 0.635. The third-order valence-electron chi connectivity index (χ3n) is 6.24. The lowest BCUT2D eigenvalue weighted by Crippen LogP contribution is -2.27. The van der Waals surface area contributed by atoms with E-state index in [0.717, 1.165) is 37.7 Å². The summed E-state index contributed by atoms with van der Waals surface area (Å²) in [4.78, 5) is 2.38. The second-order valence-electron chi connectivity index (χ2n) is 8.11. The molecular weight excluding hydrogens is 370 g/mol. The summed E-state index contributed by atoms with van der Waals surface area (Å²) in [5.41, 5.74) is 4.00. The van der Waals surface area contributed by atoms with Gasteiger partial charge in [-0.15, -0.1) is 0 Å². The first kappa shape index (κ1) is 22.4. The van der Waals surface area contributed by atoms with Gasteiger partial charge in [0.25, 0.3) is 0 Å². The van der Waals surface area contributed by atoms with Crippen LogP contribution in [0.1, 0.15) is 57.1 Å². The number of methoxy groups -OCH3 is 1. The van der Waals surface area contributed by atoms with Crippen LogP contribution in [0.5, 0.6) is 11.5 Å². The topological polar surface area (TPSA) is 21.7 Å². The molecule has 0 aromatic heterocycles. The van der Waals surface area contributed by atoms with E-state index in [-0.39, 0.29) is 0 Å². The number of allylic oxidation sites excluding steroid dienone is 1. The second-order valence-corrected chi connectivity index (χ2v) is 8.11. The van der Waals surface area contributed by atoms with E-state index in [4.69, 9.17) is 9.47 Å². The zero-order valence-corrected chi connectivity index (χ0v) is 18.9. The Labute approximate surface area is 182 Å². The Morgan fingerprint density at radius 1 is 0.900 bits per heavy atom. The van der Waals surface area contributed by atoms with Gasteiger partial charge >= 0.3 is 0 Å². The van der Waals surface area contributed by atoms with E-state index in [1.807, 2.05) is 12.1 Å². The molecule has 30 heavy (non-hydrogen) atoms. The highest BCUT2D eigenvalue weighted by molar-refractivity contribution is 5.83. The standard InChI is InChI=1S/C27H37NO2/c1-4-28(5-2)19-20-30-26-17-13-24(14-18-26)27(23-9-7-6-8-10-23)21-22-11-15-25(29-3)16-12-22/h11-18,21,23H,4-10,19-20H2,1-3H3. The van der Waals surface area contributed by atoms with Crippen molar-refractivity contribution in [2.45, 2.75) is 46.0 Å². The Morgan fingerprint density at radius 2 is 1.53 bits per heavy atom. The summed E-state index contributed by atoms with van der Waals surface area (Å²) in [6.45, 7) is 8.23. The van der Waals surface area contributed by atoms with E-state index in [1.54, 1.807) is 7.11 Å². The minimum Gasteiger partial charge on any atom is -0.497 e. The first-order chi connectivity index (χ1) is 14.7. The van der Waals surface area contributed by atoms with Crippen LogP contribution in [0.4, 0.5) is 0 Å². The monoisotopic (exact) mass is 407 g/mol. The molecule has 0 atom stereocenters. The number of ether oxygens (including phenoxy) is 2. The van der Waals surface area contributed by atoms with E-state index in [0.29, 0.717) is 5.92 Å². The molecule has 3 rings (SSSR count). The first-order valence-electron chi connectivity index (χ1n) is 11.5. The highest BCUT2D eigenvalue weighted by atomic mass is 16.5. The van der Waals surface area contributed by atoms with Crippen molar-refractivity contribution in [3.05, 3.63) is 59.7 Å². The highest BCUT2D eigenvalue weighted by Gasteiger charge is 2.19. The number of nitrogens with zero attached hydrogens (tertiary/aromatic N) is 1. The molecule has 1 fully saturated rings. The van der Waals surface area contributed by atoms with Crippen LogP contribution in [0, 0.1) is 5.92 Å². The van der Waals surface area contributed by atoms with Crippen LogP contribution >= 0.6 is 0 Å². The maximum atomic E-state index is 5.99. The van der Waals surface area contributed by atoms with Crippen LogP contribution in [0.15, 0.2) is 48.5 Å². The van der Waals surface area contributed by atoms with Crippen molar-refractivity contribution in [3.63, 3.8) is 0 Å². The molecule has 3 nitrogen and oxygen atoms in total. The summed E-state index contributed by atoms with van der Waals surface area (Å²) in [7, 11) is 1.71. The Bertz CT molecular complexity index is 770. The van der Waals surface area contributed by atoms with Gasteiger partial charge in [-0.3, -0.25) is 0 Å². The fraction of sp³-hybridized carbons (Fsp3) is 0.481. The van der Waals surface area contributed by atoms with Gasteiger partial charge in [-0.05, 0) is 72.8 Å². The van der Waals surface area contributed by atoms with Crippen molar-refractivity contribution in [1.82, 2.24) is 4.90 Å². The average molecular weight is 408 g/mol. The smallest absolute Gasteiger partial charge is 0.119 e. The van der Waals surface area contributed by atoms with Crippen LogP contribution in [0.25, 0.3) is 11.6 Å². The molecule has 0 aliphatic heterocycles. The molecule has 3 heteroatoms. The van der Waals surface area contributed by atoms with Crippen molar-refractivity contribution < 1.29 is 9.47 Å². The lowest BCUT2D eigenvalue weighted by Gasteiger charge is -2.25. The third kappa shape index (κ3) is 6.37. The Kier molecular flexibility index (Phi) is 8.82. The van der Waals surface area contributed by atoms with Crippen LogP contribution in [-0.2, 0) is 0 Å². The molecule has 1 aliphatic rings. The summed E-state index contributed by atoms with van der Waals surface area (Å²) in [6, 6.07) is 17.1. The van der Waals surface area contributed by atoms with Gasteiger partial charge in [-0.1, -0.05) is 63.5 Å². The Morgan fingerprint density at radius 3 is 2.13 bits per heavy atom. The molecule has 0 spiro atoms. The number of rotatable bonds is 10. The van der Waals surface area contributed by atoms with E-state index in [2.05, 4.69) is 61.2 Å². The number of hydrogen-bond donors (Lipinski definition) is 0. The molecule has 0 radical (unpaired) electrons. The van der Waals surface area contributed by atoms with Crippen LogP contribution in [0.2, 0.25) is 0 Å². The number of hydrogen-bond acceptors (Lipinski definition) is 3. The van der Waals surface area contributed by atoms with Crippen LogP contribution in [0.3, 0.4) is 0 Å². The van der Waals surface area contributed by atoms with Crippen molar-refractivity contribution >= 4 is 11.6 Å². The molecule has 2 aromatic rings. The van der Waals surface area contributed by atoms with E-state index < -0.39 is 0 Å². The summed E-state index contributed by atoms with van der Waals surface area (Å²) in [5, 5.41) is 0. The molecule has 0 bridgehead atoms. The van der Waals surface area contributed by atoms with Crippen molar-refractivity contribution in [1.29, 1.82) is 0 Å². The lowest BCUT2D eigenvalue weighted by atomic mass is 9.80. The minimum atomic E-state index is 0.635. The molecule has 0 N–H and O–H groups in total. The second kappa shape index (κ2) is 11.8. The molecule has 2 aromatic carbocycles. The summed E-state index contributed by atoms with van der Waals surface area (Å²) in [5.74, 6) is 2.49. The maximum Gasteiger partial charge on any atom is 0.119 e. The zero-order chi connectivity index (χ0) is 21.2. The largest absolute Gasteiger partial charge is 0.497 e. The van der Waals surface area contributed by atoms with E-state index >= 15 is 0 Å². The van der Waals surface area contributed by atoms with Gasteiger partial charge in [0.15, 0.2) is 0 Å². The van der Waals surface area contributed by atoms with Gasteiger partial charge in [-0.2, -0.15) is 0 Å². The van der Waals surface area contributed by atoms with Gasteiger partial charge in [0.05, 0.1) is 7.11 Å². The predicted octanol–water partition coefficient (Wildman–Crippen LogP) is 6.54. The molecule has 0 saturated heterocycles. The highest BCUT2D eigenvalue weighted by Crippen LogP contribution is 2.37. The normalized spacial score (nSPS) is 15.4. The van der Waals surface area contributed by atoms with E-state index in [1.165, 1.54) is 48.8 Å². The molecule has 1 aliphatic carbocycles. The summed E-state index contributed by atoms with van der Waals surface area (Å²) in [6.07, 6.45) is 8.96. The van der Waals surface area contributed by atoms with Gasteiger partial charge in [0, 0.05) is 6.54 Å². The zero-order valence-electron chi connectivity index (χ0n) is 18.9. The van der Waals surface area contributed by atoms with Gasteiger partial charge in [0.1, 0.15) is 18.1 Å².